The van der Waals surface area contributed by atoms with Crippen molar-refractivity contribution >= 4 is 33.3 Å². The number of Topliss-reactive ketones (excluding diaryl/α,β-unsaturated/α-hetero) is 1. The minimum atomic E-state index is -0.265. The van der Waals surface area contributed by atoms with Crippen LogP contribution >= 0.6 is 15.9 Å². The van der Waals surface area contributed by atoms with Crippen LogP contribution in [0.15, 0.2) is 64.3 Å². The zero-order chi connectivity index (χ0) is 22.2. The molecule has 7 heteroatoms. The van der Waals surface area contributed by atoms with Crippen molar-refractivity contribution in [1.29, 1.82) is 0 Å². The molecule has 0 spiro atoms. The number of carbonyl (C=O) groups is 1. The van der Waals surface area contributed by atoms with Gasteiger partial charge in [-0.3, -0.25) is 4.79 Å². The zero-order valence-corrected chi connectivity index (χ0v) is 19.9. The van der Waals surface area contributed by atoms with Gasteiger partial charge >= 0.3 is 0 Å². The van der Waals surface area contributed by atoms with E-state index in [0.717, 1.165) is 52.8 Å². The van der Waals surface area contributed by atoms with Crippen LogP contribution < -0.4 is 10.2 Å². The van der Waals surface area contributed by atoms with E-state index in [9.17, 15) is 4.79 Å². The second-order valence-electron chi connectivity index (χ2n) is 8.17. The van der Waals surface area contributed by atoms with Crippen LogP contribution in [-0.2, 0) is 4.79 Å². The van der Waals surface area contributed by atoms with Gasteiger partial charge in [0, 0.05) is 46.5 Å². The molecule has 32 heavy (non-hydrogen) atoms. The third kappa shape index (κ3) is 3.64. The number of allylic oxidation sites excluding steroid dienone is 2. The minimum absolute atomic E-state index is 0.193. The lowest BCUT2D eigenvalue weighted by molar-refractivity contribution is -0.116. The molecule has 2 aliphatic rings. The summed E-state index contributed by atoms with van der Waals surface area (Å²) in [4.78, 5) is 20.1. The molecular formula is C25H26BrN5O. The van der Waals surface area contributed by atoms with Crippen molar-refractivity contribution in [2.75, 3.05) is 23.3 Å². The van der Waals surface area contributed by atoms with Crippen molar-refractivity contribution in [3.63, 3.8) is 0 Å². The number of hydrogen-bond acceptors (Lipinski definition) is 5. The molecule has 1 atom stereocenters. The van der Waals surface area contributed by atoms with E-state index in [4.69, 9.17) is 10.1 Å². The number of hydrogen-bond donors (Lipinski definition) is 1. The fourth-order valence-corrected chi connectivity index (χ4v) is 4.91. The van der Waals surface area contributed by atoms with Gasteiger partial charge in [0.15, 0.2) is 11.6 Å². The van der Waals surface area contributed by atoms with Crippen molar-refractivity contribution in [3.8, 4) is 11.4 Å². The average Bonchev–Trinajstić information content (AvgIpc) is 3.24. The van der Waals surface area contributed by atoms with E-state index in [1.165, 1.54) is 5.69 Å². The molecule has 1 N–H and O–H groups in total. The van der Waals surface area contributed by atoms with Crippen LogP contribution in [0.5, 0.6) is 0 Å². The van der Waals surface area contributed by atoms with Crippen LogP contribution in [0.2, 0.25) is 0 Å². The molecule has 3 aromatic rings. The molecule has 1 unspecified atom stereocenters. The third-order valence-electron chi connectivity index (χ3n) is 6.31. The first-order valence-electron chi connectivity index (χ1n) is 11.2. The standard InChI is InChI=1S/C25H26BrN5O/c1-3-30(4-2)19-14-10-17(11-15-19)24-28-25-27-20-6-5-7-21(32)22(20)23(31(25)29-24)16-8-12-18(26)13-9-16/h8-15,23H,3-7H2,1-2H3,(H,27,28,29). The Morgan fingerprint density at radius 1 is 1.06 bits per heavy atom. The van der Waals surface area contributed by atoms with E-state index in [2.05, 4.69) is 76.4 Å². The molecule has 0 radical (unpaired) electrons. The van der Waals surface area contributed by atoms with Crippen LogP contribution in [0.4, 0.5) is 11.6 Å². The fraction of sp³-hybridized carbons (Fsp3) is 0.320. The van der Waals surface area contributed by atoms with Gasteiger partial charge in [-0.25, -0.2) is 4.68 Å². The summed E-state index contributed by atoms with van der Waals surface area (Å²) in [6, 6.07) is 16.2. The Kier molecular flexibility index (Phi) is 5.59. The Bertz CT molecular complexity index is 1180. The number of aromatic nitrogens is 3. The quantitative estimate of drug-likeness (QED) is 0.504. The average molecular weight is 492 g/mol. The summed E-state index contributed by atoms with van der Waals surface area (Å²) in [7, 11) is 0. The van der Waals surface area contributed by atoms with Crippen LogP contribution in [0.3, 0.4) is 0 Å². The predicted octanol–water partition coefficient (Wildman–Crippen LogP) is 5.58. The highest BCUT2D eigenvalue weighted by Crippen LogP contribution is 2.40. The largest absolute Gasteiger partial charge is 0.372 e. The third-order valence-corrected chi connectivity index (χ3v) is 6.84. The molecule has 0 saturated carbocycles. The summed E-state index contributed by atoms with van der Waals surface area (Å²) in [6.45, 7) is 6.26. The first-order valence-corrected chi connectivity index (χ1v) is 12.0. The number of carbonyl (C=O) groups excluding carboxylic acids is 1. The molecule has 2 aromatic carbocycles. The molecular weight excluding hydrogens is 466 g/mol. The number of nitrogens with zero attached hydrogens (tertiary/aromatic N) is 4. The Morgan fingerprint density at radius 3 is 2.47 bits per heavy atom. The topological polar surface area (TPSA) is 63.1 Å². The maximum Gasteiger partial charge on any atom is 0.226 e. The highest BCUT2D eigenvalue weighted by molar-refractivity contribution is 9.10. The first kappa shape index (κ1) is 20.9. The van der Waals surface area contributed by atoms with E-state index < -0.39 is 0 Å². The number of nitrogens with one attached hydrogen (secondary N) is 1. The molecule has 2 heterocycles. The lowest BCUT2D eigenvalue weighted by Gasteiger charge is -2.32. The van der Waals surface area contributed by atoms with Gasteiger partial charge in [-0.05, 0) is 68.7 Å². The molecule has 1 aliphatic carbocycles. The van der Waals surface area contributed by atoms with Gasteiger partial charge in [-0.1, -0.05) is 28.1 Å². The minimum Gasteiger partial charge on any atom is -0.372 e. The Hall–Kier alpha value is -2.93. The van der Waals surface area contributed by atoms with Gasteiger partial charge in [-0.15, -0.1) is 5.10 Å². The summed E-state index contributed by atoms with van der Waals surface area (Å²) in [5.41, 5.74) is 4.99. The van der Waals surface area contributed by atoms with Crippen molar-refractivity contribution < 1.29 is 4.79 Å². The number of fused-ring (bicyclic) bond motifs is 1. The monoisotopic (exact) mass is 491 g/mol. The summed E-state index contributed by atoms with van der Waals surface area (Å²) in [6.07, 6.45) is 2.30. The number of rotatable bonds is 5. The van der Waals surface area contributed by atoms with E-state index in [1.54, 1.807) is 0 Å². The maximum atomic E-state index is 13.0. The fourth-order valence-electron chi connectivity index (χ4n) is 4.64. The summed E-state index contributed by atoms with van der Waals surface area (Å²) in [5.74, 6) is 1.54. The second kappa shape index (κ2) is 8.54. The number of benzene rings is 2. The lowest BCUT2D eigenvalue weighted by Crippen LogP contribution is -2.31. The Morgan fingerprint density at radius 2 is 1.78 bits per heavy atom. The van der Waals surface area contributed by atoms with Gasteiger partial charge in [0.1, 0.15) is 6.04 Å². The van der Waals surface area contributed by atoms with Gasteiger partial charge in [0.2, 0.25) is 5.95 Å². The van der Waals surface area contributed by atoms with E-state index in [0.29, 0.717) is 18.2 Å². The van der Waals surface area contributed by atoms with Crippen LogP contribution in [0.1, 0.15) is 44.7 Å². The van der Waals surface area contributed by atoms with Crippen LogP contribution in [0, 0.1) is 0 Å². The van der Waals surface area contributed by atoms with Crippen molar-refractivity contribution in [3.05, 3.63) is 69.8 Å². The molecule has 1 aliphatic heterocycles. The normalized spacial score (nSPS) is 17.6. The Balaban J connectivity index is 1.57. The van der Waals surface area contributed by atoms with Gasteiger partial charge < -0.3 is 10.2 Å². The molecule has 5 rings (SSSR count). The lowest BCUT2D eigenvalue weighted by atomic mass is 9.85. The number of ketones is 1. The highest BCUT2D eigenvalue weighted by Gasteiger charge is 2.36. The SMILES string of the molecule is CCN(CC)c1ccc(-c2nc3n(n2)C(c2ccc(Br)cc2)C2=C(CCCC2=O)N3)cc1. The molecule has 0 amide bonds. The van der Waals surface area contributed by atoms with Crippen LogP contribution in [-0.4, -0.2) is 33.6 Å². The number of anilines is 2. The van der Waals surface area contributed by atoms with Gasteiger partial charge in [-0.2, -0.15) is 4.98 Å². The highest BCUT2D eigenvalue weighted by atomic mass is 79.9. The van der Waals surface area contributed by atoms with Crippen LogP contribution in [0.25, 0.3) is 11.4 Å². The summed E-state index contributed by atoms with van der Waals surface area (Å²) < 4.78 is 2.88. The van der Waals surface area contributed by atoms with Gasteiger partial charge in [0.05, 0.1) is 0 Å². The smallest absolute Gasteiger partial charge is 0.226 e. The molecule has 164 valence electrons. The Labute approximate surface area is 196 Å². The molecule has 0 bridgehead atoms. The van der Waals surface area contributed by atoms with Crippen molar-refractivity contribution in [2.45, 2.75) is 39.2 Å². The molecule has 6 nitrogen and oxygen atoms in total. The molecule has 0 fully saturated rings. The van der Waals surface area contributed by atoms with E-state index in [1.807, 2.05) is 16.8 Å². The first-order chi connectivity index (χ1) is 15.6. The van der Waals surface area contributed by atoms with Crippen molar-refractivity contribution in [2.24, 2.45) is 0 Å². The predicted molar refractivity (Wildman–Crippen MR) is 131 cm³/mol. The zero-order valence-electron chi connectivity index (χ0n) is 18.3. The second-order valence-corrected chi connectivity index (χ2v) is 9.09. The molecule has 0 saturated heterocycles. The molecule has 1 aromatic heterocycles. The van der Waals surface area contributed by atoms with E-state index >= 15 is 0 Å². The van der Waals surface area contributed by atoms with Crippen molar-refractivity contribution in [1.82, 2.24) is 14.8 Å². The maximum absolute atomic E-state index is 13.0. The number of halogens is 1. The summed E-state index contributed by atoms with van der Waals surface area (Å²) >= 11 is 3.51. The summed E-state index contributed by atoms with van der Waals surface area (Å²) in [5, 5.41) is 8.28. The van der Waals surface area contributed by atoms with E-state index in [-0.39, 0.29) is 11.8 Å². The van der Waals surface area contributed by atoms with Gasteiger partial charge in [0.25, 0.3) is 0 Å².